The number of carbonyl (C=O) groups excluding carboxylic acids is 1. The Kier molecular flexibility index (Phi) is 7.21. The van der Waals surface area contributed by atoms with Crippen LogP contribution in [0.2, 0.25) is 5.02 Å². The Morgan fingerprint density at radius 1 is 1.21 bits per heavy atom. The third-order valence-corrected chi connectivity index (χ3v) is 6.92. The second kappa shape index (κ2) is 10.3. The predicted octanol–water partition coefficient (Wildman–Crippen LogP) is 5.03. The third kappa shape index (κ3) is 5.15. The van der Waals surface area contributed by atoms with Gasteiger partial charge in [0, 0.05) is 5.56 Å². The second-order valence-corrected chi connectivity index (χ2v) is 9.27. The zero-order valence-electron chi connectivity index (χ0n) is 18.3. The van der Waals surface area contributed by atoms with Gasteiger partial charge in [0.2, 0.25) is 5.91 Å². The molecule has 1 heterocycles. The lowest BCUT2D eigenvalue weighted by Gasteiger charge is -2.31. The number of nitrogens with one attached hydrogen (secondary N) is 1. The summed E-state index contributed by atoms with van der Waals surface area (Å²) in [6, 6.07) is 17.5. The standard InChI is InChI=1S/C24H24ClN5O2S/c1-32-20-11-10-18(14-19(20)25)30-22(17-8-4-2-5-9-17)28-29-23(30)33-15-21(31)27-24(16-26)12-6-3-7-13-24/h2,4-5,8-11,14H,3,6-7,12-13,15H2,1H3,(H,27,31). The summed E-state index contributed by atoms with van der Waals surface area (Å²) in [5.41, 5.74) is 0.884. The zero-order chi connectivity index (χ0) is 23.3. The fraction of sp³-hybridized carbons (Fsp3) is 0.333. The van der Waals surface area contributed by atoms with Gasteiger partial charge in [0.1, 0.15) is 11.3 Å². The number of ether oxygens (including phenoxy) is 1. The van der Waals surface area contributed by atoms with Crippen molar-refractivity contribution in [3.05, 3.63) is 53.6 Å². The highest BCUT2D eigenvalue weighted by atomic mass is 35.5. The van der Waals surface area contributed by atoms with Crippen LogP contribution in [0.1, 0.15) is 32.1 Å². The van der Waals surface area contributed by atoms with E-state index in [1.54, 1.807) is 19.2 Å². The number of nitriles is 1. The van der Waals surface area contributed by atoms with Crippen molar-refractivity contribution >= 4 is 29.3 Å². The number of nitrogens with zero attached hydrogens (tertiary/aromatic N) is 4. The van der Waals surface area contributed by atoms with Crippen LogP contribution in [0.15, 0.2) is 53.7 Å². The largest absolute Gasteiger partial charge is 0.495 e. The number of carbonyl (C=O) groups is 1. The molecular formula is C24H24ClN5O2S. The summed E-state index contributed by atoms with van der Waals surface area (Å²) >= 11 is 7.66. The average molecular weight is 482 g/mol. The molecule has 33 heavy (non-hydrogen) atoms. The average Bonchev–Trinajstić information content (AvgIpc) is 3.28. The third-order valence-electron chi connectivity index (χ3n) is 5.69. The molecule has 1 saturated carbocycles. The first kappa shape index (κ1) is 23.1. The smallest absolute Gasteiger partial charge is 0.231 e. The zero-order valence-corrected chi connectivity index (χ0v) is 19.8. The van der Waals surface area contributed by atoms with Gasteiger partial charge in [0.05, 0.1) is 29.6 Å². The second-order valence-electron chi connectivity index (χ2n) is 7.92. The van der Waals surface area contributed by atoms with Crippen LogP contribution in [0.25, 0.3) is 17.1 Å². The molecule has 0 bridgehead atoms. The van der Waals surface area contributed by atoms with Gasteiger partial charge < -0.3 is 10.1 Å². The van der Waals surface area contributed by atoms with E-state index in [0.29, 0.717) is 34.6 Å². The highest BCUT2D eigenvalue weighted by Crippen LogP contribution is 2.33. The Morgan fingerprint density at radius 2 is 1.97 bits per heavy atom. The van der Waals surface area contributed by atoms with E-state index in [2.05, 4.69) is 21.6 Å². The van der Waals surface area contributed by atoms with Gasteiger partial charge in [-0.15, -0.1) is 10.2 Å². The Labute approximate surface area is 202 Å². The van der Waals surface area contributed by atoms with E-state index in [9.17, 15) is 10.1 Å². The van der Waals surface area contributed by atoms with E-state index in [0.717, 1.165) is 30.5 Å². The summed E-state index contributed by atoms with van der Waals surface area (Å²) in [7, 11) is 1.56. The van der Waals surface area contributed by atoms with E-state index < -0.39 is 5.54 Å². The monoisotopic (exact) mass is 481 g/mol. The minimum absolute atomic E-state index is 0.125. The highest BCUT2D eigenvalue weighted by Gasteiger charge is 2.33. The molecule has 2 aromatic carbocycles. The molecule has 0 saturated heterocycles. The number of methoxy groups -OCH3 is 1. The molecule has 4 rings (SSSR count). The van der Waals surface area contributed by atoms with Crippen molar-refractivity contribution in [1.29, 1.82) is 5.26 Å². The Bertz CT molecular complexity index is 1170. The van der Waals surface area contributed by atoms with Crippen LogP contribution in [0, 0.1) is 11.3 Å². The summed E-state index contributed by atoms with van der Waals surface area (Å²) in [4.78, 5) is 12.7. The quantitative estimate of drug-likeness (QED) is 0.475. The number of amides is 1. The normalized spacial score (nSPS) is 14.9. The summed E-state index contributed by atoms with van der Waals surface area (Å²) in [5.74, 6) is 1.14. The van der Waals surface area contributed by atoms with Crippen LogP contribution in [0.5, 0.6) is 5.75 Å². The maximum Gasteiger partial charge on any atom is 0.231 e. The van der Waals surface area contributed by atoms with E-state index in [-0.39, 0.29) is 11.7 Å². The molecule has 7 nitrogen and oxygen atoms in total. The van der Waals surface area contributed by atoms with Gasteiger partial charge in [-0.2, -0.15) is 5.26 Å². The number of halogens is 1. The van der Waals surface area contributed by atoms with Gasteiger partial charge in [0.25, 0.3) is 0 Å². The molecule has 0 atom stereocenters. The molecule has 0 aliphatic heterocycles. The number of benzene rings is 2. The maximum absolute atomic E-state index is 12.7. The molecule has 170 valence electrons. The number of aromatic nitrogens is 3. The molecule has 0 spiro atoms. The Balaban J connectivity index is 1.61. The van der Waals surface area contributed by atoms with Gasteiger partial charge in [-0.05, 0) is 31.0 Å². The first-order valence-corrected chi connectivity index (χ1v) is 12.1. The number of hydrogen-bond acceptors (Lipinski definition) is 6. The molecule has 0 radical (unpaired) electrons. The van der Waals surface area contributed by atoms with Crippen LogP contribution in [-0.2, 0) is 4.79 Å². The Hall–Kier alpha value is -3.02. The summed E-state index contributed by atoms with van der Waals surface area (Å²) < 4.78 is 7.15. The lowest BCUT2D eigenvalue weighted by molar-refractivity contribution is -0.120. The fourth-order valence-corrected chi connectivity index (χ4v) is 5.02. The molecule has 1 aliphatic carbocycles. The number of rotatable bonds is 7. The topological polar surface area (TPSA) is 92.8 Å². The van der Waals surface area contributed by atoms with Crippen molar-refractivity contribution in [3.63, 3.8) is 0 Å². The first-order valence-electron chi connectivity index (χ1n) is 10.7. The first-order chi connectivity index (χ1) is 16.0. The van der Waals surface area contributed by atoms with Crippen molar-refractivity contribution < 1.29 is 9.53 Å². The van der Waals surface area contributed by atoms with Gasteiger partial charge in [-0.25, -0.2) is 0 Å². The molecule has 1 N–H and O–H groups in total. The fourth-order valence-electron chi connectivity index (χ4n) is 4.02. The van der Waals surface area contributed by atoms with Gasteiger partial charge in [-0.3, -0.25) is 9.36 Å². The SMILES string of the molecule is COc1ccc(-n2c(SCC(=O)NC3(C#N)CCCCC3)nnc2-c2ccccc2)cc1Cl. The van der Waals surface area contributed by atoms with Gasteiger partial charge in [-0.1, -0.05) is 73.0 Å². The van der Waals surface area contributed by atoms with Crippen LogP contribution >= 0.6 is 23.4 Å². The lowest BCUT2D eigenvalue weighted by atomic mass is 9.83. The van der Waals surface area contributed by atoms with E-state index in [4.69, 9.17) is 16.3 Å². The van der Waals surface area contributed by atoms with E-state index in [1.807, 2.05) is 41.0 Å². The minimum Gasteiger partial charge on any atom is -0.495 e. The van der Waals surface area contributed by atoms with Crippen molar-refractivity contribution in [3.8, 4) is 28.9 Å². The van der Waals surface area contributed by atoms with Gasteiger partial charge >= 0.3 is 0 Å². The molecule has 1 aromatic heterocycles. The molecule has 0 unspecified atom stereocenters. The van der Waals surface area contributed by atoms with Crippen LogP contribution in [-0.4, -0.2) is 39.1 Å². The van der Waals surface area contributed by atoms with E-state index >= 15 is 0 Å². The molecule has 1 fully saturated rings. The van der Waals surface area contributed by atoms with Crippen LogP contribution < -0.4 is 10.1 Å². The summed E-state index contributed by atoms with van der Waals surface area (Å²) in [6.07, 6.45) is 4.39. The maximum atomic E-state index is 12.7. The van der Waals surface area contributed by atoms with Crippen molar-refractivity contribution in [2.45, 2.75) is 42.8 Å². The molecule has 3 aromatic rings. The van der Waals surface area contributed by atoms with Crippen LogP contribution in [0.3, 0.4) is 0 Å². The molecular weight excluding hydrogens is 458 g/mol. The summed E-state index contributed by atoms with van der Waals surface area (Å²) in [5, 5.41) is 22.4. The Morgan fingerprint density at radius 3 is 2.64 bits per heavy atom. The molecule has 1 aliphatic rings. The van der Waals surface area contributed by atoms with E-state index in [1.165, 1.54) is 11.8 Å². The molecule has 9 heteroatoms. The summed E-state index contributed by atoms with van der Waals surface area (Å²) in [6.45, 7) is 0. The lowest BCUT2D eigenvalue weighted by Crippen LogP contribution is -2.49. The van der Waals surface area contributed by atoms with Crippen LogP contribution in [0.4, 0.5) is 0 Å². The van der Waals surface area contributed by atoms with Gasteiger partial charge in [0.15, 0.2) is 11.0 Å². The van der Waals surface area contributed by atoms with Crippen molar-refractivity contribution in [1.82, 2.24) is 20.1 Å². The number of thioether (sulfide) groups is 1. The van der Waals surface area contributed by atoms with Crippen molar-refractivity contribution in [2.75, 3.05) is 12.9 Å². The number of hydrogen-bond donors (Lipinski definition) is 1. The molecule has 1 amide bonds. The highest BCUT2D eigenvalue weighted by molar-refractivity contribution is 7.99. The minimum atomic E-state index is -0.762. The van der Waals surface area contributed by atoms with Crippen molar-refractivity contribution in [2.24, 2.45) is 0 Å². The predicted molar refractivity (Wildman–Crippen MR) is 129 cm³/mol.